The molecular weight excluding hydrogens is 554 g/mol. The summed E-state index contributed by atoms with van der Waals surface area (Å²) in [4.78, 5) is 27.8. The Kier molecular flexibility index (Phi) is 8.29. The molecule has 232 valence electrons. The van der Waals surface area contributed by atoms with Crippen molar-refractivity contribution in [2.45, 2.75) is 91.1 Å². The monoisotopic (exact) mass is 598 g/mol. The Hall–Kier alpha value is -3.17. The van der Waals surface area contributed by atoms with Gasteiger partial charge in [-0.1, -0.05) is 36.9 Å². The van der Waals surface area contributed by atoms with Gasteiger partial charge in [-0.2, -0.15) is 0 Å². The molecule has 4 heterocycles. The predicted octanol–water partition coefficient (Wildman–Crippen LogP) is 4.56. The van der Waals surface area contributed by atoms with E-state index in [2.05, 4.69) is 6.58 Å². The maximum Gasteiger partial charge on any atom is 0.494 e. The van der Waals surface area contributed by atoms with Gasteiger partial charge in [0.25, 0.3) is 11.8 Å². The summed E-state index contributed by atoms with van der Waals surface area (Å²) in [6, 6.07) is 15.7. The number of rotatable bonds is 4. The van der Waals surface area contributed by atoms with Crippen molar-refractivity contribution >= 4 is 48.4 Å². The molecule has 2 aromatic carbocycles. The Bertz CT molecular complexity index is 1480. The van der Waals surface area contributed by atoms with Crippen LogP contribution >= 0.6 is 0 Å². The molecule has 3 saturated heterocycles. The Balaban J connectivity index is 0.000000175. The second kappa shape index (κ2) is 11.3. The highest BCUT2D eigenvalue weighted by Crippen LogP contribution is 2.38. The molecule has 0 aliphatic carbocycles. The van der Waals surface area contributed by atoms with Gasteiger partial charge in [-0.15, -0.1) is 0 Å². The number of benzene rings is 2. The van der Waals surface area contributed by atoms with E-state index in [-0.39, 0.29) is 34.2 Å². The number of anilines is 2. The number of carbonyl (C=O) groups is 2. The van der Waals surface area contributed by atoms with Crippen LogP contribution in [0.3, 0.4) is 0 Å². The summed E-state index contributed by atoms with van der Waals surface area (Å²) in [5, 5.41) is 0. The summed E-state index contributed by atoms with van der Waals surface area (Å²) in [5.41, 5.74) is 3.61. The lowest BCUT2D eigenvalue weighted by atomic mass is 9.79. The topological polar surface area (TPSA) is 77.5 Å². The van der Waals surface area contributed by atoms with Gasteiger partial charge in [-0.05, 0) is 104 Å². The van der Waals surface area contributed by atoms with Gasteiger partial charge in [0.15, 0.2) is 0 Å². The number of hydrogen-bond donors (Lipinski definition) is 0. The molecular formula is C34H44B2N2O6. The second-order valence-electron chi connectivity index (χ2n) is 14.0. The van der Waals surface area contributed by atoms with Gasteiger partial charge in [-0.3, -0.25) is 9.59 Å². The van der Waals surface area contributed by atoms with Gasteiger partial charge in [0.2, 0.25) is 0 Å². The molecule has 0 radical (unpaired) electrons. The summed E-state index contributed by atoms with van der Waals surface area (Å²) in [6.45, 7) is 23.2. The first kappa shape index (κ1) is 32.2. The molecule has 10 heteroatoms. The third kappa shape index (κ3) is 5.93. The first-order valence-corrected chi connectivity index (χ1v) is 15.3. The number of carbonyl (C=O) groups excluding carboxylic acids is 2. The van der Waals surface area contributed by atoms with Gasteiger partial charge in [-0.25, -0.2) is 0 Å². The van der Waals surface area contributed by atoms with Gasteiger partial charge < -0.3 is 28.4 Å². The molecule has 2 amide bonds. The van der Waals surface area contributed by atoms with Crippen LogP contribution in [-0.4, -0.2) is 61.5 Å². The minimum Gasteiger partial charge on any atom is -0.399 e. The third-order valence-corrected chi connectivity index (χ3v) is 9.76. The summed E-state index contributed by atoms with van der Waals surface area (Å²) in [6.07, 6.45) is 2.67. The summed E-state index contributed by atoms with van der Waals surface area (Å²) in [5.74, 6) is 0.0668. The van der Waals surface area contributed by atoms with Crippen LogP contribution < -0.4 is 20.7 Å². The Labute approximate surface area is 262 Å². The van der Waals surface area contributed by atoms with Crippen LogP contribution in [-0.2, 0) is 28.2 Å². The van der Waals surface area contributed by atoms with Crippen LogP contribution in [0.25, 0.3) is 0 Å². The fourth-order valence-corrected chi connectivity index (χ4v) is 5.36. The maximum absolute atomic E-state index is 12.1. The van der Waals surface area contributed by atoms with Crippen LogP contribution in [0.4, 0.5) is 11.4 Å². The van der Waals surface area contributed by atoms with E-state index in [9.17, 15) is 9.59 Å². The molecule has 6 rings (SSSR count). The SMILES string of the molecule is C=C1CCN(c2cccc(B3OC(C)(C)C(C)(C)O3)c2)C1=O.CC1=CCN(c2cccc(B3OC(C)(C)C(C)(C)O3)c2)C1=O. The molecule has 8 nitrogen and oxygen atoms in total. The Morgan fingerprint density at radius 3 is 1.48 bits per heavy atom. The van der Waals surface area contributed by atoms with E-state index < -0.39 is 14.2 Å². The molecule has 0 spiro atoms. The second-order valence-corrected chi connectivity index (χ2v) is 14.0. The van der Waals surface area contributed by atoms with Crippen molar-refractivity contribution in [1.82, 2.24) is 0 Å². The van der Waals surface area contributed by atoms with Crippen molar-refractivity contribution in [3.63, 3.8) is 0 Å². The smallest absolute Gasteiger partial charge is 0.399 e. The van der Waals surface area contributed by atoms with Crippen molar-refractivity contribution in [2.75, 3.05) is 22.9 Å². The molecule has 0 N–H and O–H groups in total. The highest BCUT2D eigenvalue weighted by atomic mass is 16.7. The molecule has 2 aromatic rings. The Morgan fingerprint density at radius 2 is 1.11 bits per heavy atom. The van der Waals surface area contributed by atoms with Crippen LogP contribution in [0.5, 0.6) is 0 Å². The van der Waals surface area contributed by atoms with Crippen LogP contribution in [0, 0.1) is 0 Å². The van der Waals surface area contributed by atoms with Gasteiger partial charge >= 0.3 is 14.2 Å². The molecule has 4 aliphatic rings. The molecule has 44 heavy (non-hydrogen) atoms. The minimum atomic E-state index is -0.411. The number of amides is 2. The molecule has 0 saturated carbocycles. The van der Waals surface area contributed by atoms with Crippen LogP contribution in [0.15, 0.2) is 72.3 Å². The normalized spacial score (nSPS) is 23.3. The van der Waals surface area contributed by atoms with Crippen LogP contribution in [0.1, 0.15) is 68.7 Å². The van der Waals surface area contributed by atoms with Crippen molar-refractivity contribution < 1.29 is 28.2 Å². The zero-order valence-electron chi connectivity index (χ0n) is 27.5. The van der Waals surface area contributed by atoms with E-state index in [1.54, 1.807) is 9.80 Å². The first-order chi connectivity index (χ1) is 20.4. The van der Waals surface area contributed by atoms with Crippen molar-refractivity contribution in [2.24, 2.45) is 0 Å². The van der Waals surface area contributed by atoms with E-state index in [0.29, 0.717) is 18.7 Å². The quantitative estimate of drug-likeness (QED) is 0.380. The lowest BCUT2D eigenvalue weighted by molar-refractivity contribution is -0.115. The molecule has 0 bridgehead atoms. The largest absolute Gasteiger partial charge is 0.494 e. The zero-order valence-corrected chi connectivity index (χ0v) is 27.5. The summed E-state index contributed by atoms with van der Waals surface area (Å²) >= 11 is 0. The first-order valence-electron chi connectivity index (χ1n) is 15.3. The minimum absolute atomic E-state index is 0.00562. The number of nitrogens with zero attached hydrogens (tertiary/aromatic N) is 2. The fraction of sp³-hybridized carbons (Fsp3) is 0.471. The van der Waals surface area contributed by atoms with E-state index >= 15 is 0 Å². The van der Waals surface area contributed by atoms with E-state index in [0.717, 1.165) is 34.3 Å². The average molecular weight is 598 g/mol. The molecule has 0 aromatic heterocycles. The van der Waals surface area contributed by atoms with Crippen molar-refractivity contribution in [3.8, 4) is 0 Å². The molecule has 3 fully saturated rings. The van der Waals surface area contributed by atoms with Crippen molar-refractivity contribution in [3.05, 3.63) is 72.3 Å². The highest BCUT2D eigenvalue weighted by molar-refractivity contribution is 6.62. The van der Waals surface area contributed by atoms with Gasteiger partial charge in [0.1, 0.15) is 0 Å². The lowest BCUT2D eigenvalue weighted by Gasteiger charge is -2.32. The van der Waals surface area contributed by atoms with E-state index in [1.807, 2.05) is 117 Å². The summed E-state index contributed by atoms with van der Waals surface area (Å²) < 4.78 is 24.3. The van der Waals surface area contributed by atoms with E-state index in [1.165, 1.54) is 0 Å². The maximum atomic E-state index is 12.1. The third-order valence-electron chi connectivity index (χ3n) is 9.76. The lowest BCUT2D eigenvalue weighted by Crippen LogP contribution is -2.41. The predicted molar refractivity (Wildman–Crippen MR) is 177 cm³/mol. The zero-order chi connectivity index (χ0) is 32.2. The molecule has 0 atom stereocenters. The van der Waals surface area contributed by atoms with Gasteiger partial charge in [0, 0.05) is 35.6 Å². The highest BCUT2D eigenvalue weighted by Gasteiger charge is 2.52. The van der Waals surface area contributed by atoms with Gasteiger partial charge in [0.05, 0.1) is 22.4 Å². The summed E-state index contributed by atoms with van der Waals surface area (Å²) in [7, 11) is -0.817. The van der Waals surface area contributed by atoms with E-state index in [4.69, 9.17) is 18.6 Å². The number of hydrogen-bond acceptors (Lipinski definition) is 6. The van der Waals surface area contributed by atoms with Crippen LogP contribution in [0.2, 0.25) is 0 Å². The fourth-order valence-electron chi connectivity index (χ4n) is 5.36. The standard InChI is InChI=1S/2C17H22BNO3/c2*1-12-9-10-19(15(12)20)14-8-6-7-13(11-14)18-21-16(2,3)17(4,5)22-18/h6-9,11H,10H2,1-5H3;6-8,11H,1,9-10H2,2-5H3. The molecule has 0 unspecified atom stereocenters. The average Bonchev–Trinajstić information content (AvgIpc) is 3.60. The molecule has 4 aliphatic heterocycles. The van der Waals surface area contributed by atoms with Crippen molar-refractivity contribution in [1.29, 1.82) is 0 Å². The Morgan fingerprint density at radius 1 is 0.682 bits per heavy atom.